The molecule has 2 rings (SSSR count). The van der Waals surface area contributed by atoms with Gasteiger partial charge in [0.1, 0.15) is 5.78 Å². The predicted molar refractivity (Wildman–Crippen MR) is 78.9 cm³/mol. The number of carbonyl (C=O) groups is 1. The van der Waals surface area contributed by atoms with Crippen molar-refractivity contribution in [1.82, 2.24) is 0 Å². The molecule has 0 heterocycles. The minimum absolute atomic E-state index is 0.298. The summed E-state index contributed by atoms with van der Waals surface area (Å²) in [7, 11) is 0. The fourth-order valence-electron chi connectivity index (χ4n) is 2.61. The molecular formula is C16H22OS. The van der Waals surface area contributed by atoms with Gasteiger partial charge in [0, 0.05) is 16.9 Å². The minimum atomic E-state index is 0.298. The first kappa shape index (κ1) is 13.7. The van der Waals surface area contributed by atoms with Crippen molar-refractivity contribution < 1.29 is 4.79 Å². The molecule has 1 fully saturated rings. The topological polar surface area (TPSA) is 17.1 Å². The summed E-state index contributed by atoms with van der Waals surface area (Å²) in [6.45, 7) is 1.71. The molecule has 1 aliphatic rings. The van der Waals surface area contributed by atoms with Crippen molar-refractivity contribution in [3.8, 4) is 0 Å². The number of carbonyl (C=O) groups excluding carboxylic acids is 1. The Morgan fingerprint density at radius 2 is 1.89 bits per heavy atom. The zero-order valence-electron chi connectivity index (χ0n) is 11.1. The minimum Gasteiger partial charge on any atom is -0.300 e. The highest BCUT2D eigenvalue weighted by molar-refractivity contribution is 8.00. The summed E-state index contributed by atoms with van der Waals surface area (Å²) in [5.74, 6) is 0.298. The van der Waals surface area contributed by atoms with Gasteiger partial charge in [-0.1, -0.05) is 49.6 Å². The van der Waals surface area contributed by atoms with Crippen molar-refractivity contribution in [2.75, 3.05) is 0 Å². The van der Waals surface area contributed by atoms with Crippen LogP contribution in [0.15, 0.2) is 30.3 Å². The molecule has 2 heteroatoms. The van der Waals surface area contributed by atoms with Crippen LogP contribution in [0.5, 0.6) is 0 Å². The Hall–Kier alpha value is -0.760. The van der Waals surface area contributed by atoms with E-state index >= 15 is 0 Å². The summed E-state index contributed by atoms with van der Waals surface area (Å²) >= 11 is 2.03. The van der Waals surface area contributed by atoms with Crippen LogP contribution in [0.4, 0.5) is 0 Å². The maximum atomic E-state index is 11.5. The third kappa shape index (κ3) is 4.16. The normalized spacial score (nSPS) is 18.5. The molecule has 0 amide bonds. The monoisotopic (exact) mass is 262 g/mol. The van der Waals surface area contributed by atoms with Gasteiger partial charge < -0.3 is 0 Å². The van der Waals surface area contributed by atoms with Crippen LogP contribution >= 0.6 is 11.8 Å². The first-order chi connectivity index (χ1) is 8.75. The molecule has 1 aromatic rings. The number of hydrogen-bond acceptors (Lipinski definition) is 2. The third-order valence-corrected chi connectivity index (χ3v) is 5.18. The van der Waals surface area contributed by atoms with Crippen LogP contribution in [-0.4, -0.2) is 11.0 Å². The number of benzene rings is 1. The van der Waals surface area contributed by atoms with Crippen LogP contribution in [0.25, 0.3) is 0 Å². The van der Waals surface area contributed by atoms with E-state index in [2.05, 4.69) is 24.3 Å². The van der Waals surface area contributed by atoms with E-state index in [0.29, 0.717) is 17.5 Å². The summed E-state index contributed by atoms with van der Waals surface area (Å²) in [5.41, 5.74) is 1.31. The Bertz CT molecular complexity index is 368. The molecule has 0 bridgehead atoms. The lowest BCUT2D eigenvalue weighted by atomic mass is 10.0. The van der Waals surface area contributed by atoms with Crippen LogP contribution in [0.2, 0.25) is 0 Å². The molecule has 1 aliphatic carbocycles. The maximum absolute atomic E-state index is 11.5. The molecule has 0 radical (unpaired) electrons. The highest BCUT2D eigenvalue weighted by Gasteiger charge is 2.21. The third-order valence-electron chi connectivity index (χ3n) is 3.55. The van der Waals surface area contributed by atoms with Gasteiger partial charge in [-0.3, -0.25) is 4.79 Å². The zero-order chi connectivity index (χ0) is 12.8. The Balaban J connectivity index is 2.02. The lowest BCUT2D eigenvalue weighted by Crippen LogP contribution is -2.12. The van der Waals surface area contributed by atoms with Crippen molar-refractivity contribution in [1.29, 1.82) is 0 Å². The van der Waals surface area contributed by atoms with Crippen molar-refractivity contribution in [2.24, 2.45) is 0 Å². The Morgan fingerprint density at radius 1 is 1.22 bits per heavy atom. The van der Waals surface area contributed by atoms with E-state index in [1.807, 2.05) is 17.8 Å². The second-order valence-corrected chi connectivity index (χ2v) is 6.71. The number of hydrogen-bond donors (Lipinski definition) is 0. The number of ketones is 1. The van der Waals surface area contributed by atoms with Crippen molar-refractivity contribution in [3.05, 3.63) is 35.9 Å². The molecular weight excluding hydrogens is 240 g/mol. The molecule has 1 atom stereocenters. The zero-order valence-corrected chi connectivity index (χ0v) is 11.9. The molecule has 0 spiro atoms. The number of thioether (sulfide) groups is 1. The number of Topliss-reactive ketones (excluding diaryl/α,β-unsaturated/α-hetero) is 1. The van der Waals surface area contributed by atoms with Crippen molar-refractivity contribution in [3.63, 3.8) is 0 Å². The van der Waals surface area contributed by atoms with Gasteiger partial charge in [-0.25, -0.2) is 0 Å². The molecule has 1 saturated carbocycles. The van der Waals surface area contributed by atoms with Crippen LogP contribution in [0.3, 0.4) is 0 Å². The van der Waals surface area contributed by atoms with Gasteiger partial charge in [-0.15, -0.1) is 11.8 Å². The average Bonchev–Trinajstić information content (AvgIpc) is 2.40. The van der Waals surface area contributed by atoms with E-state index in [1.54, 1.807) is 6.92 Å². The summed E-state index contributed by atoms with van der Waals surface area (Å²) in [5, 5.41) is 1.11. The van der Waals surface area contributed by atoms with Crippen LogP contribution in [-0.2, 0) is 4.79 Å². The molecule has 1 unspecified atom stereocenters. The molecule has 1 aromatic carbocycles. The van der Waals surface area contributed by atoms with Gasteiger partial charge in [-0.05, 0) is 25.3 Å². The van der Waals surface area contributed by atoms with E-state index in [-0.39, 0.29) is 0 Å². The molecule has 0 N–H and O–H groups in total. The van der Waals surface area contributed by atoms with Crippen LogP contribution in [0, 0.1) is 0 Å². The molecule has 0 aromatic heterocycles. The average molecular weight is 262 g/mol. The van der Waals surface area contributed by atoms with E-state index in [1.165, 1.54) is 37.7 Å². The Labute approximate surface area is 114 Å². The van der Waals surface area contributed by atoms with Crippen LogP contribution in [0.1, 0.15) is 56.3 Å². The molecule has 1 nitrogen and oxygen atoms in total. The second kappa shape index (κ2) is 6.98. The molecule has 98 valence electrons. The second-order valence-electron chi connectivity index (χ2n) is 5.20. The Morgan fingerprint density at radius 3 is 2.50 bits per heavy atom. The summed E-state index contributed by atoms with van der Waals surface area (Å²) in [6, 6.07) is 10.5. The van der Waals surface area contributed by atoms with Gasteiger partial charge in [-0.2, -0.15) is 0 Å². The van der Waals surface area contributed by atoms with Gasteiger partial charge in [0.2, 0.25) is 0 Å². The highest BCUT2D eigenvalue weighted by Crippen LogP contribution is 2.40. The first-order valence-corrected chi connectivity index (χ1v) is 7.90. The van der Waals surface area contributed by atoms with Crippen molar-refractivity contribution >= 4 is 17.5 Å². The van der Waals surface area contributed by atoms with E-state index in [9.17, 15) is 4.79 Å². The van der Waals surface area contributed by atoms with Crippen molar-refractivity contribution in [2.45, 2.75) is 55.9 Å². The largest absolute Gasteiger partial charge is 0.300 e. The standard InChI is InChI=1S/C16H22OS/c1-13(17)12-16(14-8-4-2-5-9-14)18-15-10-6-3-7-11-15/h2,4-5,8-9,15-16H,3,6-7,10-12H2,1H3. The van der Waals surface area contributed by atoms with E-state index in [0.717, 1.165) is 5.25 Å². The fraction of sp³-hybridized carbons (Fsp3) is 0.562. The predicted octanol–water partition coefficient (Wildman–Crippen LogP) is 4.77. The molecule has 18 heavy (non-hydrogen) atoms. The number of rotatable bonds is 5. The van der Waals surface area contributed by atoms with Gasteiger partial charge in [0.25, 0.3) is 0 Å². The van der Waals surface area contributed by atoms with E-state index in [4.69, 9.17) is 0 Å². The summed E-state index contributed by atoms with van der Waals surface area (Å²) in [4.78, 5) is 11.5. The summed E-state index contributed by atoms with van der Waals surface area (Å²) < 4.78 is 0. The quantitative estimate of drug-likeness (QED) is 0.760. The first-order valence-electron chi connectivity index (χ1n) is 6.95. The maximum Gasteiger partial charge on any atom is 0.131 e. The molecule has 0 saturated heterocycles. The lowest BCUT2D eigenvalue weighted by Gasteiger charge is -2.26. The smallest absolute Gasteiger partial charge is 0.131 e. The molecule has 0 aliphatic heterocycles. The lowest BCUT2D eigenvalue weighted by molar-refractivity contribution is -0.117. The summed E-state index contributed by atoms with van der Waals surface area (Å²) in [6.07, 6.45) is 7.43. The van der Waals surface area contributed by atoms with Crippen LogP contribution < -0.4 is 0 Å². The Kier molecular flexibility index (Phi) is 5.30. The highest BCUT2D eigenvalue weighted by atomic mass is 32.2. The van der Waals surface area contributed by atoms with Gasteiger partial charge >= 0.3 is 0 Å². The van der Waals surface area contributed by atoms with Gasteiger partial charge in [0.05, 0.1) is 0 Å². The SMILES string of the molecule is CC(=O)CC(SC1CCCCC1)c1ccccc1. The van der Waals surface area contributed by atoms with Gasteiger partial charge in [0.15, 0.2) is 0 Å². The fourth-order valence-corrected chi connectivity index (χ4v) is 4.32. The van der Waals surface area contributed by atoms with E-state index < -0.39 is 0 Å².